The third-order valence-corrected chi connectivity index (χ3v) is 3.65. The van der Waals surface area contributed by atoms with E-state index >= 15 is 0 Å². The monoisotopic (exact) mass is 170 g/mol. The maximum Gasteiger partial charge on any atom is 0.312 e. The van der Waals surface area contributed by atoms with E-state index in [0.29, 0.717) is 6.42 Å². The molecule has 2 rings (SSSR count). The fraction of sp³-hybridized carbons (Fsp3) is 0.889. The Balaban J connectivity index is 2.35. The average molecular weight is 170 g/mol. The van der Waals surface area contributed by atoms with Gasteiger partial charge in [-0.15, -0.1) is 0 Å². The van der Waals surface area contributed by atoms with Crippen LogP contribution in [0.1, 0.15) is 33.1 Å². The first-order chi connectivity index (χ1) is 5.48. The molecule has 0 aromatic heterocycles. The SMILES string of the molecule is CC12CCC(CC1(C)C(=O)O)O2. The molecule has 0 aromatic rings. The smallest absolute Gasteiger partial charge is 0.312 e. The van der Waals surface area contributed by atoms with Crippen LogP contribution in [0.3, 0.4) is 0 Å². The third-order valence-electron chi connectivity index (χ3n) is 3.65. The lowest BCUT2D eigenvalue weighted by Gasteiger charge is -2.35. The van der Waals surface area contributed by atoms with E-state index in [1.807, 2.05) is 6.92 Å². The normalized spacial score (nSPS) is 51.3. The lowest BCUT2D eigenvalue weighted by Crippen LogP contribution is -2.46. The summed E-state index contributed by atoms with van der Waals surface area (Å²) in [4.78, 5) is 11.0. The molecule has 3 atom stereocenters. The van der Waals surface area contributed by atoms with Crippen LogP contribution in [0.4, 0.5) is 0 Å². The average Bonchev–Trinajstić information content (AvgIpc) is 2.42. The Bertz CT molecular complexity index is 238. The molecular weight excluding hydrogens is 156 g/mol. The highest BCUT2D eigenvalue weighted by molar-refractivity contribution is 5.76. The van der Waals surface area contributed by atoms with E-state index in [0.717, 1.165) is 12.8 Å². The first-order valence-corrected chi connectivity index (χ1v) is 4.39. The second kappa shape index (κ2) is 2.02. The van der Waals surface area contributed by atoms with Crippen molar-refractivity contribution in [2.45, 2.75) is 44.8 Å². The quantitative estimate of drug-likeness (QED) is 0.647. The number of rotatable bonds is 1. The van der Waals surface area contributed by atoms with Crippen molar-refractivity contribution in [3.8, 4) is 0 Å². The summed E-state index contributed by atoms with van der Waals surface area (Å²) < 4.78 is 5.66. The summed E-state index contributed by atoms with van der Waals surface area (Å²) in [6.07, 6.45) is 2.79. The molecule has 2 saturated heterocycles. The van der Waals surface area contributed by atoms with Crippen LogP contribution in [0.25, 0.3) is 0 Å². The first kappa shape index (κ1) is 8.05. The summed E-state index contributed by atoms with van der Waals surface area (Å²) in [5.74, 6) is -0.716. The van der Waals surface area contributed by atoms with Gasteiger partial charge < -0.3 is 9.84 Å². The Hall–Kier alpha value is -0.570. The van der Waals surface area contributed by atoms with E-state index in [1.165, 1.54) is 0 Å². The molecular formula is C9H14O3. The molecule has 1 N–H and O–H groups in total. The molecule has 3 nitrogen and oxygen atoms in total. The Morgan fingerprint density at radius 3 is 2.50 bits per heavy atom. The molecule has 2 heterocycles. The molecule has 3 heteroatoms. The zero-order valence-electron chi connectivity index (χ0n) is 7.46. The second-order valence-electron chi connectivity index (χ2n) is 4.35. The second-order valence-corrected chi connectivity index (χ2v) is 4.35. The molecule has 2 bridgehead atoms. The molecule has 0 aliphatic carbocycles. The van der Waals surface area contributed by atoms with Gasteiger partial charge in [0.05, 0.1) is 17.1 Å². The molecule has 0 saturated carbocycles. The van der Waals surface area contributed by atoms with Crippen LogP contribution < -0.4 is 0 Å². The Kier molecular flexibility index (Phi) is 1.35. The van der Waals surface area contributed by atoms with Crippen LogP contribution in [0.5, 0.6) is 0 Å². The van der Waals surface area contributed by atoms with Crippen LogP contribution in [0.2, 0.25) is 0 Å². The maximum absolute atomic E-state index is 11.0. The summed E-state index contributed by atoms with van der Waals surface area (Å²) in [7, 11) is 0. The van der Waals surface area contributed by atoms with E-state index < -0.39 is 17.0 Å². The first-order valence-electron chi connectivity index (χ1n) is 4.39. The minimum Gasteiger partial charge on any atom is -0.481 e. The molecule has 68 valence electrons. The zero-order valence-corrected chi connectivity index (χ0v) is 7.46. The Morgan fingerprint density at radius 1 is 1.58 bits per heavy atom. The highest BCUT2D eigenvalue weighted by Gasteiger charge is 2.62. The summed E-state index contributed by atoms with van der Waals surface area (Å²) in [6.45, 7) is 3.72. The van der Waals surface area contributed by atoms with E-state index in [2.05, 4.69) is 0 Å². The van der Waals surface area contributed by atoms with Gasteiger partial charge in [0.15, 0.2) is 0 Å². The number of fused-ring (bicyclic) bond motifs is 2. The standard InChI is InChI=1S/C9H14O3/c1-8(7(10)11)5-6-3-4-9(8,2)12-6/h6H,3-5H2,1-2H3,(H,10,11). The van der Waals surface area contributed by atoms with Crippen molar-refractivity contribution in [1.29, 1.82) is 0 Å². The maximum atomic E-state index is 11.0. The van der Waals surface area contributed by atoms with Gasteiger partial charge in [-0.2, -0.15) is 0 Å². The highest BCUT2D eigenvalue weighted by Crippen LogP contribution is 2.55. The van der Waals surface area contributed by atoms with Gasteiger partial charge in [-0.25, -0.2) is 0 Å². The van der Waals surface area contributed by atoms with Gasteiger partial charge in [0.2, 0.25) is 0 Å². The van der Waals surface area contributed by atoms with Gasteiger partial charge in [0.25, 0.3) is 0 Å². The molecule has 2 aliphatic rings. The van der Waals surface area contributed by atoms with E-state index in [1.54, 1.807) is 6.92 Å². The molecule has 0 radical (unpaired) electrons. The van der Waals surface area contributed by atoms with E-state index in [9.17, 15) is 4.79 Å². The number of carbonyl (C=O) groups is 1. The van der Waals surface area contributed by atoms with Crippen molar-refractivity contribution in [3.63, 3.8) is 0 Å². The summed E-state index contributed by atoms with van der Waals surface area (Å²) >= 11 is 0. The number of aliphatic carboxylic acids is 1. The van der Waals surface area contributed by atoms with Gasteiger partial charge in [-0.3, -0.25) is 4.79 Å². The predicted molar refractivity (Wildman–Crippen MR) is 42.9 cm³/mol. The molecule has 2 aliphatic heterocycles. The Morgan fingerprint density at radius 2 is 2.25 bits per heavy atom. The minimum absolute atomic E-state index is 0.191. The summed E-state index contributed by atoms with van der Waals surface area (Å²) in [5.41, 5.74) is -1.07. The van der Waals surface area contributed by atoms with Crippen molar-refractivity contribution < 1.29 is 14.6 Å². The van der Waals surface area contributed by atoms with Crippen molar-refractivity contribution >= 4 is 5.97 Å². The van der Waals surface area contributed by atoms with Gasteiger partial charge in [0, 0.05) is 0 Å². The highest BCUT2D eigenvalue weighted by atomic mass is 16.5. The third kappa shape index (κ3) is 0.724. The van der Waals surface area contributed by atoms with Crippen LogP contribution >= 0.6 is 0 Å². The zero-order chi connectivity index (χ0) is 8.98. The Labute approximate surface area is 71.7 Å². The fourth-order valence-electron chi connectivity index (χ4n) is 2.46. The fourth-order valence-corrected chi connectivity index (χ4v) is 2.46. The van der Waals surface area contributed by atoms with Gasteiger partial charge in [0.1, 0.15) is 0 Å². The van der Waals surface area contributed by atoms with Crippen molar-refractivity contribution in [2.24, 2.45) is 5.41 Å². The minimum atomic E-state index is -0.716. The summed E-state index contributed by atoms with van der Waals surface area (Å²) in [5, 5.41) is 9.08. The van der Waals surface area contributed by atoms with E-state index in [-0.39, 0.29) is 6.10 Å². The number of ether oxygens (including phenoxy) is 1. The summed E-state index contributed by atoms with van der Waals surface area (Å²) in [6, 6.07) is 0. The van der Waals surface area contributed by atoms with Gasteiger partial charge in [-0.1, -0.05) is 0 Å². The largest absolute Gasteiger partial charge is 0.481 e. The molecule has 0 aromatic carbocycles. The molecule has 0 amide bonds. The van der Waals surface area contributed by atoms with Crippen molar-refractivity contribution in [3.05, 3.63) is 0 Å². The number of hydrogen-bond acceptors (Lipinski definition) is 2. The van der Waals surface area contributed by atoms with Crippen LogP contribution in [0.15, 0.2) is 0 Å². The van der Waals surface area contributed by atoms with Crippen LogP contribution in [0, 0.1) is 5.41 Å². The topological polar surface area (TPSA) is 46.5 Å². The van der Waals surface area contributed by atoms with Crippen LogP contribution in [-0.2, 0) is 9.53 Å². The van der Waals surface area contributed by atoms with Crippen LogP contribution in [-0.4, -0.2) is 22.8 Å². The molecule has 2 fully saturated rings. The lowest BCUT2D eigenvalue weighted by atomic mass is 9.68. The van der Waals surface area contributed by atoms with Gasteiger partial charge >= 0.3 is 5.97 Å². The lowest BCUT2D eigenvalue weighted by molar-refractivity contribution is -0.157. The van der Waals surface area contributed by atoms with Crippen molar-refractivity contribution in [1.82, 2.24) is 0 Å². The van der Waals surface area contributed by atoms with E-state index in [4.69, 9.17) is 9.84 Å². The van der Waals surface area contributed by atoms with Crippen molar-refractivity contribution in [2.75, 3.05) is 0 Å². The van der Waals surface area contributed by atoms with Gasteiger partial charge in [-0.05, 0) is 33.1 Å². The number of carboxylic acid groups (broad SMARTS) is 1. The number of hydrogen-bond donors (Lipinski definition) is 1. The predicted octanol–water partition coefficient (Wildman–Crippen LogP) is 1.42. The molecule has 12 heavy (non-hydrogen) atoms. The molecule has 3 unspecified atom stereocenters. The molecule has 0 spiro atoms. The number of carboxylic acids is 1.